The van der Waals surface area contributed by atoms with E-state index in [9.17, 15) is 14.9 Å². The van der Waals surface area contributed by atoms with E-state index in [-0.39, 0.29) is 23.8 Å². The number of nitro groups is 1. The van der Waals surface area contributed by atoms with Gasteiger partial charge in [-0.1, -0.05) is 0 Å². The lowest BCUT2D eigenvalue weighted by atomic mass is 10.1. The highest BCUT2D eigenvalue weighted by Gasteiger charge is 2.08. The molecule has 0 aliphatic carbocycles. The van der Waals surface area contributed by atoms with Crippen LogP contribution in [0.3, 0.4) is 0 Å². The van der Waals surface area contributed by atoms with E-state index in [1.54, 1.807) is 0 Å². The Morgan fingerprint density at radius 2 is 1.70 bits per heavy atom. The highest BCUT2D eigenvalue weighted by atomic mass is 16.6. The van der Waals surface area contributed by atoms with Crippen molar-refractivity contribution in [2.75, 3.05) is 6.61 Å². The van der Waals surface area contributed by atoms with E-state index in [0.717, 1.165) is 0 Å². The quantitative estimate of drug-likeness (QED) is 0.513. The van der Waals surface area contributed by atoms with Gasteiger partial charge >= 0.3 is 0 Å². The third-order valence-electron chi connectivity index (χ3n) is 2.61. The maximum atomic E-state index is 11.8. The van der Waals surface area contributed by atoms with E-state index < -0.39 is 4.92 Å². The Hall–Kier alpha value is -2.89. The Morgan fingerprint density at radius 1 is 1.10 bits per heavy atom. The Bertz CT molecular complexity index is 619. The van der Waals surface area contributed by atoms with Crippen LogP contribution in [0.25, 0.3) is 0 Å². The summed E-state index contributed by atoms with van der Waals surface area (Å²) in [5.41, 5.74) is 0.381. The van der Waals surface area contributed by atoms with Gasteiger partial charge in [-0.3, -0.25) is 14.9 Å². The average Bonchev–Trinajstić information content (AvgIpc) is 2.46. The second-order valence-corrected chi connectivity index (χ2v) is 4.01. The molecule has 0 saturated carbocycles. The van der Waals surface area contributed by atoms with Gasteiger partial charge in [-0.25, -0.2) is 0 Å². The molecule has 2 rings (SSSR count). The van der Waals surface area contributed by atoms with Crippen LogP contribution in [0.2, 0.25) is 0 Å². The molecule has 0 atom stereocenters. The zero-order chi connectivity index (χ0) is 14.5. The number of phenols is 1. The Balaban J connectivity index is 1.96. The van der Waals surface area contributed by atoms with Crippen molar-refractivity contribution in [2.24, 2.45) is 0 Å². The zero-order valence-corrected chi connectivity index (χ0v) is 10.4. The smallest absolute Gasteiger partial charge is 0.269 e. The molecule has 1 N–H and O–H groups in total. The van der Waals surface area contributed by atoms with Crippen LogP contribution in [0.15, 0.2) is 48.5 Å². The molecule has 0 amide bonds. The third kappa shape index (κ3) is 3.32. The van der Waals surface area contributed by atoms with E-state index in [1.165, 1.54) is 48.5 Å². The van der Waals surface area contributed by atoms with Crippen molar-refractivity contribution >= 4 is 11.5 Å². The minimum Gasteiger partial charge on any atom is -0.508 e. The van der Waals surface area contributed by atoms with Gasteiger partial charge in [-0.2, -0.15) is 0 Å². The van der Waals surface area contributed by atoms with Gasteiger partial charge in [0.2, 0.25) is 0 Å². The summed E-state index contributed by atoms with van der Waals surface area (Å²) in [4.78, 5) is 21.8. The molecule has 6 heteroatoms. The van der Waals surface area contributed by atoms with Crippen molar-refractivity contribution in [3.63, 3.8) is 0 Å². The molecular weight excluding hydrogens is 262 g/mol. The summed E-state index contributed by atoms with van der Waals surface area (Å²) >= 11 is 0. The normalized spacial score (nSPS) is 10.0. The number of hydrogen-bond donors (Lipinski definition) is 1. The molecule has 2 aromatic carbocycles. The molecule has 0 bridgehead atoms. The van der Waals surface area contributed by atoms with Crippen molar-refractivity contribution in [3.05, 3.63) is 64.2 Å². The lowest BCUT2D eigenvalue weighted by molar-refractivity contribution is -0.384. The number of Topliss-reactive ketones (excluding diaryl/α,β-unsaturated/α-hetero) is 1. The maximum absolute atomic E-state index is 11.8. The van der Waals surface area contributed by atoms with Crippen LogP contribution in [0.4, 0.5) is 5.69 Å². The number of nitrogens with zero attached hydrogens (tertiary/aromatic N) is 1. The minimum absolute atomic E-state index is 0.0396. The fraction of sp³-hybridized carbons (Fsp3) is 0.0714. The lowest BCUT2D eigenvalue weighted by Gasteiger charge is -2.05. The van der Waals surface area contributed by atoms with Gasteiger partial charge in [0, 0.05) is 17.7 Å². The number of aromatic hydroxyl groups is 1. The van der Waals surface area contributed by atoms with Crippen LogP contribution in [0, 0.1) is 10.1 Å². The molecule has 0 aromatic heterocycles. The van der Waals surface area contributed by atoms with Crippen molar-refractivity contribution in [1.29, 1.82) is 0 Å². The number of rotatable bonds is 5. The Morgan fingerprint density at radius 3 is 2.25 bits per heavy atom. The highest BCUT2D eigenvalue weighted by Crippen LogP contribution is 2.17. The molecule has 0 fully saturated rings. The fourth-order valence-electron chi connectivity index (χ4n) is 1.54. The van der Waals surface area contributed by atoms with Gasteiger partial charge in [0.1, 0.15) is 11.5 Å². The number of carbonyl (C=O) groups excluding carboxylic acids is 1. The number of ether oxygens (including phenoxy) is 1. The summed E-state index contributed by atoms with van der Waals surface area (Å²) < 4.78 is 5.25. The molecule has 2 aromatic rings. The van der Waals surface area contributed by atoms with Crippen LogP contribution >= 0.6 is 0 Å². The number of ketones is 1. The van der Waals surface area contributed by atoms with Crippen molar-refractivity contribution in [3.8, 4) is 11.5 Å². The predicted octanol–water partition coefficient (Wildman–Crippen LogP) is 2.56. The van der Waals surface area contributed by atoms with Gasteiger partial charge in [0.15, 0.2) is 12.4 Å². The summed E-state index contributed by atoms with van der Waals surface area (Å²) in [5.74, 6) is 0.212. The van der Waals surface area contributed by atoms with Gasteiger partial charge in [0.25, 0.3) is 5.69 Å². The molecule has 0 unspecified atom stereocenters. The lowest BCUT2D eigenvalue weighted by Crippen LogP contribution is -2.11. The minimum atomic E-state index is -0.509. The van der Waals surface area contributed by atoms with E-state index in [1.807, 2.05) is 0 Å². The van der Waals surface area contributed by atoms with E-state index in [4.69, 9.17) is 9.84 Å². The van der Waals surface area contributed by atoms with Crippen molar-refractivity contribution < 1.29 is 19.6 Å². The Labute approximate surface area is 114 Å². The standard InChI is InChI=1S/C14H11NO5/c16-12-5-1-10(2-6-12)14(17)9-20-13-7-3-11(4-8-13)15(18)19/h1-8,16H,9H2. The van der Waals surface area contributed by atoms with Crippen LogP contribution in [0.5, 0.6) is 11.5 Å². The van der Waals surface area contributed by atoms with Crippen LogP contribution < -0.4 is 4.74 Å². The topological polar surface area (TPSA) is 89.7 Å². The second kappa shape index (κ2) is 5.83. The van der Waals surface area contributed by atoms with E-state index in [2.05, 4.69) is 0 Å². The molecule has 0 radical (unpaired) electrons. The second-order valence-electron chi connectivity index (χ2n) is 4.01. The molecule has 0 aliphatic heterocycles. The predicted molar refractivity (Wildman–Crippen MR) is 71.0 cm³/mol. The highest BCUT2D eigenvalue weighted by molar-refractivity contribution is 5.97. The molecule has 0 aliphatic rings. The summed E-state index contributed by atoms with van der Waals surface area (Å²) in [6.07, 6.45) is 0. The van der Waals surface area contributed by atoms with Gasteiger partial charge in [0.05, 0.1) is 4.92 Å². The summed E-state index contributed by atoms with van der Waals surface area (Å²) in [6.45, 7) is -0.178. The summed E-state index contributed by atoms with van der Waals surface area (Å²) in [5, 5.41) is 19.6. The first-order valence-corrected chi connectivity index (χ1v) is 5.76. The van der Waals surface area contributed by atoms with Crippen molar-refractivity contribution in [1.82, 2.24) is 0 Å². The molecule has 6 nitrogen and oxygen atoms in total. The number of hydrogen-bond acceptors (Lipinski definition) is 5. The number of phenolic OH excluding ortho intramolecular Hbond substituents is 1. The monoisotopic (exact) mass is 273 g/mol. The summed E-state index contributed by atoms with van der Waals surface area (Å²) in [6, 6.07) is 11.3. The molecular formula is C14H11NO5. The first-order chi connectivity index (χ1) is 9.56. The van der Waals surface area contributed by atoms with Crippen LogP contribution in [0.1, 0.15) is 10.4 Å². The number of benzene rings is 2. The molecule has 102 valence electrons. The fourth-order valence-corrected chi connectivity index (χ4v) is 1.54. The maximum Gasteiger partial charge on any atom is 0.269 e. The number of non-ortho nitro benzene ring substituents is 1. The molecule has 20 heavy (non-hydrogen) atoms. The van der Waals surface area contributed by atoms with E-state index in [0.29, 0.717) is 11.3 Å². The molecule has 0 heterocycles. The van der Waals surface area contributed by atoms with Crippen LogP contribution in [-0.4, -0.2) is 22.4 Å². The molecule has 0 spiro atoms. The van der Waals surface area contributed by atoms with Gasteiger partial charge in [-0.15, -0.1) is 0 Å². The first-order valence-electron chi connectivity index (χ1n) is 5.76. The average molecular weight is 273 g/mol. The van der Waals surface area contributed by atoms with Gasteiger partial charge in [-0.05, 0) is 36.4 Å². The molecule has 0 saturated heterocycles. The third-order valence-corrected chi connectivity index (χ3v) is 2.61. The number of nitro benzene ring substituents is 1. The SMILES string of the molecule is O=C(COc1ccc([N+](=O)[O-])cc1)c1ccc(O)cc1. The summed E-state index contributed by atoms with van der Waals surface area (Å²) in [7, 11) is 0. The van der Waals surface area contributed by atoms with E-state index >= 15 is 0 Å². The van der Waals surface area contributed by atoms with Crippen LogP contribution in [-0.2, 0) is 0 Å². The largest absolute Gasteiger partial charge is 0.508 e. The van der Waals surface area contributed by atoms with Gasteiger partial charge < -0.3 is 9.84 Å². The zero-order valence-electron chi connectivity index (χ0n) is 10.4. The number of carbonyl (C=O) groups is 1. The first kappa shape index (κ1) is 13.5. The van der Waals surface area contributed by atoms with Crippen molar-refractivity contribution in [2.45, 2.75) is 0 Å². The Kier molecular flexibility index (Phi) is 3.95.